The van der Waals surface area contributed by atoms with E-state index in [1.54, 1.807) is 6.92 Å². The molecule has 1 amide bonds. The van der Waals surface area contributed by atoms with Gasteiger partial charge in [-0.25, -0.2) is 21.9 Å². The van der Waals surface area contributed by atoms with Gasteiger partial charge in [-0.05, 0) is 44.4 Å². The summed E-state index contributed by atoms with van der Waals surface area (Å²) in [5.74, 6) is -4.29. The first-order valence-electron chi connectivity index (χ1n) is 10.0. The topological polar surface area (TPSA) is 107 Å². The molecule has 2 atom stereocenters. The first-order chi connectivity index (χ1) is 15.0. The van der Waals surface area contributed by atoms with Gasteiger partial charge in [0.25, 0.3) is 0 Å². The smallest absolute Gasteiger partial charge is 0.335 e. The molecule has 0 N–H and O–H groups in total. The van der Waals surface area contributed by atoms with Gasteiger partial charge in [0.05, 0.1) is 36.4 Å². The molecule has 0 aromatic heterocycles. The van der Waals surface area contributed by atoms with Gasteiger partial charge in [-0.1, -0.05) is 24.6 Å². The molecule has 0 bridgehead atoms. The summed E-state index contributed by atoms with van der Waals surface area (Å²) in [7, 11) is -3.41. The molecule has 1 unspecified atom stereocenters. The first-order valence-corrected chi connectivity index (χ1v) is 11.9. The number of carbonyl (C=O) groups excluding carboxylic acids is 3. The van der Waals surface area contributed by atoms with E-state index in [4.69, 9.17) is 16.3 Å². The Hall–Kier alpha value is -2.46. The number of amides is 1. The van der Waals surface area contributed by atoms with Gasteiger partial charge in [0.1, 0.15) is 11.1 Å². The maximum atomic E-state index is 13.7. The zero-order valence-corrected chi connectivity index (χ0v) is 19.5. The van der Waals surface area contributed by atoms with Crippen LogP contribution in [0.3, 0.4) is 0 Å². The highest BCUT2D eigenvalue weighted by Gasteiger charge is 2.43. The van der Waals surface area contributed by atoms with Crippen LogP contribution in [0.25, 0.3) is 0 Å². The van der Waals surface area contributed by atoms with Crippen LogP contribution in [-0.4, -0.2) is 45.2 Å². The van der Waals surface area contributed by atoms with Gasteiger partial charge in [-0.2, -0.15) is 0 Å². The Morgan fingerprint density at radius 3 is 2.59 bits per heavy atom. The van der Waals surface area contributed by atoms with Gasteiger partial charge in [0.2, 0.25) is 15.9 Å². The molecule has 1 aromatic rings. The van der Waals surface area contributed by atoms with Crippen LogP contribution in [0, 0.1) is 11.7 Å². The molecular weight excluding hydrogens is 465 g/mol. The maximum Gasteiger partial charge on any atom is 0.335 e. The molecule has 2 rings (SSSR count). The van der Waals surface area contributed by atoms with E-state index in [2.05, 4.69) is 4.74 Å². The Bertz CT molecular complexity index is 1020. The maximum absolute atomic E-state index is 13.7. The molecule has 0 spiro atoms. The van der Waals surface area contributed by atoms with Crippen LogP contribution >= 0.6 is 11.6 Å². The van der Waals surface area contributed by atoms with Crippen LogP contribution in [-0.2, 0) is 33.9 Å². The molecule has 1 aliphatic carbocycles. The largest absolute Gasteiger partial charge is 0.469 e. The number of esters is 2. The van der Waals surface area contributed by atoms with Crippen molar-refractivity contribution in [1.29, 1.82) is 0 Å². The van der Waals surface area contributed by atoms with E-state index in [-0.39, 0.29) is 35.7 Å². The van der Waals surface area contributed by atoms with Crippen molar-refractivity contribution in [3.05, 3.63) is 40.7 Å². The van der Waals surface area contributed by atoms with E-state index < -0.39 is 44.9 Å². The van der Waals surface area contributed by atoms with Gasteiger partial charge in [0.15, 0.2) is 0 Å². The van der Waals surface area contributed by atoms with E-state index in [0.29, 0.717) is 17.1 Å². The van der Waals surface area contributed by atoms with Gasteiger partial charge >= 0.3 is 11.9 Å². The van der Waals surface area contributed by atoms with Crippen molar-refractivity contribution in [2.24, 2.45) is 5.92 Å². The molecule has 32 heavy (non-hydrogen) atoms. The molecule has 0 heterocycles. The molecule has 1 aromatic carbocycles. The first kappa shape index (κ1) is 25.8. The van der Waals surface area contributed by atoms with Crippen molar-refractivity contribution in [2.45, 2.75) is 44.8 Å². The minimum absolute atomic E-state index is 0.0472. The fourth-order valence-electron chi connectivity index (χ4n) is 3.36. The summed E-state index contributed by atoms with van der Waals surface area (Å²) in [4.78, 5) is 37.4. The standard InChI is InChI=1S/C21H25ClFNO7S/c1-4-31-21(27)15-7-5-6-8-18(15)32(28,29)24(17-10-9-14(23)12-16(17)22)20(26)13(2)11-19(25)30-3/h7,9-10,12-13,18H,4-6,8,11H2,1-3H3/t13?,18-/m1/s1. The second-order valence-corrected chi connectivity index (χ2v) is 9.60. The van der Waals surface area contributed by atoms with Crippen molar-refractivity contribution in [1.82, 2.24) is 0 Å². The van der Waals surface area contributed by atoms with Crippen LogP contribution in [0.1, 0.15) is 39.5 Å². The van der Waals surface area contributed by atoms with E-state index >= 15 is 0 Å². The van der Waals surface area contributed by atoms with Crippen LogP contribution in [0.2, 0.25) is 5.02 Å². The number of rotatable bonds is 8. The molecule has 0 fully saturated rings. The number of benzene rings is 1. The molecule has 0 saturated carbocycles. The normalized spacial score (nSPS) is 17.2. The van der Waals surface area contributed by atoms with Crippen molar-refractivity contribution in [2.75, 3.05) is 18.0 Å². The van der Waals surface area contributed by atoms with Crippen LogP contribution in [0.4, 0.5) is 10.1 Å². The Balaban J connectivity index is 2.60. The van der Waals surface area contributed by atoms with Gasteiger partial charge < -0.3 is 9.47 Å². The highest BCUT2D eigenvalue weighted by atomic mass is 35.5. The Morgan fingerprint density at radius 2 is 2.00 bits per heavy atom. The Kier molecular flexibility index (Phi) is 8.80. The Labute approximate surface area is 191 Å². The number of nitrogens with zero attached hydrogens (tertiary/aromatic N) is 1. The third-order valence-corrected chi connectivity index (χ3v) is 7.35. The highest BCUT2D eigenvalue weighted by molar-refractivity contribution is 7.94. The van der Waals surface area contributed by atoms with Crippen LogP contribution in [0.15, 0.2) is 29.8 Å². The van der Waals surface area contributed by atoms with Crippen molar-refractivity contribution in [3.63, 3.8) is 0 Å². The fourth-order valence-corrected chi connectivity index (χ4v) is 5.76. The number of carbonyl (C=O) groups is 3. The zero-order valence-electron chi connectivity index (χ0n) is 18.0. The van der Waals surface area contributed by atoms with E-state index in [0.717, 1.165) is 25.3 Å². The summed E-state index contributed by atoms with van der Waals surface area (Å²) in [6.07, 6.45) is 2.11. The summed E-state index contributed by atoms with van der Waals surface area (Å²) >= 11 is 6.10. The third kappa shape index (κ3) is 5.66. The summed E-state index contributed by atoms with van der Waals surface area (Å²) in [5, 5.41) is -1.68. The summed E-state index contributed by atoms with van der Waals surface area (Å²) in [5.41, 5.74) is -0.349. The molecule has 8 nitrogen and oxygen atoms in total. The van der Waals surface area contributed by atoms with Crippen LogP contribution < -0.4 is 4.31 Å². The lowest BCUT2D eigenvalue weighted by Gasteiger charge is -2.32. The predicted molar refractivity (Wildman–Crippen MR) is 116 cm³/mol. The van der Waals surface area contributed by atoms with Gasteiger partial charge in [0, 0.05) is 5.92 Å². The second-order valence-electron chi connectivity index (χ2n) is 7.22. The van der Waals surface area contributed by atoms with Crippen molar-refractivity contribution < 1.29 is 36.7 Å². The predicted octanol–water partition coefficient (Wildman–Crippen LogP) is 3.38. The number of halogens is 2. The van der Waals surface area contributed by atoms with Crippen molar-refractivity contribution >= 4 is 45.2 Å². The highest BCUT2D eigenvalue weighted by Crippen LogP contribution is 2.36. The zero-order chi connectivity index (χ0) is 24.1. The molecule has 0 aliphatic heterocycles. The number of methoxy groups -OCH3 is 1. The number of hydrogen-bond acceptors (Lipinski definition) is 7. The van der Waals surface area contributed by atoms with Crippen molar-refractivity contribution in [3.8, 4) is 0 Å². The van der Waals surface area contributed by atoms with Crippen LogP contribution in [0.5, 0.6) is 0 Å². The summed E-state index contributed by atoms with van der Waals surface area (Å²) in [6, 6.07) is 2.90. The molecule has 0 radical (unpaired) electrons. The SMILES string of the molecule is CCOC(=O)C1=CCCC[C@H]1S(=O)(=O)N(C(=O)C(C)CC(=O)OC)c1ccc(F)cc1Cl. The quantitative estimate of drug-likeness (QED) is 0.515. The van der Waals surface area contributed by atoms with E-state index in [9.17, 15) is 27.2 Å². The third-order valence-electron chi connectivity index (χ3n) is 4.96. The summed E-state index contributed by atoms with van der Waals surface area (Å²) in [6.45, 7) is 3.00. The summed E-state index contributed by atoms with van der Waals surface area (Å²) < 4.78 is 51.1. The number of hydrogen-bond donors (Lipinski definition) is 0. The number of sulfonamides is 1. The lowest BCUT2D eigenvalue weighted by atomic mass is 9.99. The monoisotopic (exact) mass is 489 g/mol. The lowest BCUT2D eigenvalue weighted by Crippen LogP contribution is -2.47. The minimum atomic E-state index is -4.56. The average Bonchev–Trinajstić information content (AvgIpc) is 2.75. The van der Waals surface area contributed by atoms with Gasteiger partial charge in [-0.15, -0.1) is 0 Å². The number of anilines is 1. The molecule has 176 valence electrons. The van der Waals surface area contributed by atoms with Gasteiger partial charge in [-0.3, -0.25) is 9.59 Å². The fraction of sp³-hybridized carbons (Fsp3) is 0.476. The Morgan fingerprint density at radius 1 is 1.31 bits per heavy atom. The minimum Gasteiger partial charge on any atom is -0.469 e. The second kappa shape index (κ2) is 10.9. The molecular formula is C21H25ClFNO7S. The molecule has 0 saturated heterocycles. The average molecular weight is 490 g/mol. The molecule has 1 aliphatic rings. The van der Waals surface area contributed by atoms with E-state index in [1.807, 2.05) is 0 Å². The number of allylic oxidation sites excluding steroid dienone is 1. The molecule has 11 heteroatoms. The number of ether oxygens (including phenoxy) is 2. The lowest BCUT2D eigenvalue weighted by molar-refractivity contribution is -0.143. The van der Waals surface area contributed by atoms with E-state index in [1.165, 1.54) is 13.0 Å².